The predicted molar refractivity (Wildman–Crippen MR) is 90.4 cm³/mol. The van der Waals surface area contributed by atoms with Crippen LogP contribution in [0.15, 0.2) is 30.3 Å². The SMILES string of the molecule is CO[C@H]1CC[C@@H](NC(=O)CC(C)(C)CC(=O)c2ccccc2)C1. The summed E-state index contributed by atoms with van der Waals surface area (Å²) in [6.07, 6.45) is 3.83. The van der Waals surface area contributed by atoms with Crippen molar-refractivity contribution in [3.8, 4) is 0 Å². The number of carbonyl (C=O) groups is 2. The molecule has 0 aliphatic heterocycles. The van der Waals surface area contributed by atoms with Gasteiger partial charge in [-0.25, -0.2) is 0 Å². The lowest BCUT2D eigenvalue weighted by molar-refractivity contribution is -0.123. The molecule has 0 unspecified atom stereocenters. The zero-order chi connectivity index (χ0) is 16.9. The second kappa shape index (κ2) is 7.73. The van der Waals surface area contributed by atoms with Gasteiger partial charge in [-0.3, -0.25) is 9.59 Å². The molecule has 1 aromatic rings. The lowest BCUT2D eigenvalue weighted by atomic mass is 9.82. The summed E-state index contributed by atoms with van der Waals surface area (Å²) in [7, 11) is 1.72. The summed E-state index contributed by atoms with van der Waals surface area (Å²) < 4.78 is 5.33. The van der Waals surface area contributed by atoms with Crippen LogP contribution in [0.4, 0.5) is 0 Å². The van der Waals surface area contributed by atoms with Crippen molar-refractivity contribution in [2.45, 2.75) is 58.1 Å². The van der Waals surface area contributed by atoms with E-state index in [1.165, 1.54) is 0 Å². The predicted octanol–water partition coefficient (Wildman–Crippen LogP) is 3.36. The fourth-order valence-electron chi connectivity index (χ4n) is 3.22. The van der Waals surface area contributed by atoms with Gasteiger partial charge in [0.1, 0.15) is 0 Å². The van der Waals surface area contributed by atoms with Crippen molar-refractivity contribution in [3.63, 3.8) is 0 Å². The van der Waals surface area contributed by atoms with Crippen molar-refractivity contribution in [1.29, 1.82) is 0 Å². The molecule has 0 bridgehead atoms. The summed E-state index contributed by atoms with van der Waals surface area (Å²) >= 11 is 0. The van der Waals surface area contributed by atoms with Crippen molar-refractivity contribution < 1.29 is 14.3 Å². The molecule has 23 heavy (non-hydrogen) atoms. The molecular weight excluding hydrogens is 290 g/mol. The highest BCUT2D eigenvalue weighted by molar-refractivity contribution is 5.96. The van der Waals surface area contributed by atoms with E-state index in [2.05, 4.69) is 5.32 Å². The average molecular weight is 317 g/mol. The second-order valence-electron chi connectivity index (χ2n) is 7.24. The fraction of sp³-hybridized carbons (Fsp3) is 0.579. The van der Waals surface area contributed by atoms with Crippen molar-refractivity contribution >= 4 is 11.7 Å². The van der Waals surface area contributed by atoms with Crippen LogP contribution in [-0.4, -0.2) is 30.9 Å². The molecule has 1 aromatic carbocycles. The molecule has 0 radical (unpaired) electrons. The van der Waals surface area contributed by atoms with Crippen molar-refractivity contribution in [3.05, 3.63) is 35.9 Å². The molecule has 1 fully saturated rings. The summed E-state index contributed by atoms with van der Waals surface area (Å²) in [6, 6.07) is 9.46. The number of ketones is 1. The Morgan fingerprint density at radius 3 is 2.48 bits per heavy atom. The molecular formula is C19H27NO3. The lowest BCUT2D eigenvalue weighted by Gasteiger charge is -2.24. The fourth-order valence-corrected chi connectivity index (χ4v) is 3.22. The number of amides is 1. The summed E-state index contributed by atoms with van der Waals surface area (Å²) in [5.41, 5.74) is 0.357. The number of nitrogens with one attached hydrogen (secondary N) is 1. The third-order valence-corrected chi connectivity index (χ3v) is 4.46. The van der Waals surface area contributed by atoms with E-state index in [0.29, 0.717) is 18.4 Å². The van der Waals surface area contributed by atoms with Crippen molar-refractivity contribution in [2.24, 2.45) is 5.41 Å². The van der Waals surface area contributed by atoms with Gasteiger partial charge >= 0.3 is 0 Å². The Morgan fingerprint density at radius 1 is 1.17 bits per heavy atom. The number of methoxy groups -OCH3 is 1. The number of benzene rings is 1. The Labute approximate surface area is 138 Å². The van der Waals surface area contributed by atoms with Crippen LogP contribution in [0.5, 0.6) is 0 Å². The van der Waals surface area contributed by atoms with Gasteiger partial charge in [0.15, 0.2) is 5.78 Å². The minimum absolute atomic E-state index is 0.0256. The molecule has 1 aliphatic rings. The molecule has 126 valence electrons. The van der Waals surface area contributed by atoms with E-state index in [4.69, 9.17) is 4.74 Å². The van der Waals surface area contributed by atoms with Crippen LogP contribution in [0.1, 0.15) is 56.3 Å². The molecule has 0 aromatic heterocycles. The third-order valence-electron chi connectivity index (χ3n) is 4.46. The molecule has 4 heteroatoms. The van der Waals surface area contributed by atoms with E-state index < -0.39 is 0 Å². The number of Topliss-reactive ketones (excluding diaryl/α,β-unsaturated/α-hetero) is 1. The Morgan fingerprint density at radius 2 is 1.87 bits per heavy atom. The largest absolute Gasteiger partial charge is 0.381 e. The van der Waals surface area contributed by atoms with Gasteiger partial charge in [0.05, 0.1) is 6.10 Å². The number of rotatable bonds is 7. The van der Waals surface area contributed by atoms with Gasteiger partial charge in [-0.15, -0.1) is 0 Å². The molecule has 1 amide bonds. The van der Waals surface area contributed by atoms with Gasteiger partial charge in [0, 0.05) is 31.6 Å². The van der Waals surface area contributed by atoms with Gasteiger partial charge in [-0.05, 0) is 24.7 Å². The number of carbonyl (C=O) groups excluding carboxylic acids is 2. The average Bonchev–Trinajstić information content (AvgIpc) is 2.94. The van der Waals surface area contributed by atoms with Gasteiger partial charge < -0.3 is 10.1 Å². The Balaban J connectivity index is 1.83. The van der Waals surface area contributed by atoms with E-state index in [0.717, 1.165) is 19.3 Å². The maximum atomic E-state index is 12.3. The molecule has 2 atom stereocenters. The molecule has 0 saturated heterocycles. The quantitative estimate of drug-likeness (QED) is 0.785. The maximum absolute atomic E-state index is 12.3. The number of hydrogen-bond acceptors (Lipinski definition) is 3. The highest BCUT2D eigenvalue weighted by atomic mass is 16.5. The van der Waals surface area contributed by atoms with Crippen LogP contribution in [-0.2, 0) is 9.53 Å². The monoisotopic (exact) mass is 317 g/mol. The molecule has 4 nitrogen and oxygen atoms in total. The highest BCUT2D eigenvalue weighted by Gasteiger charge is 2.29. The minimum atomic E-state index is -0.351. The van der Waals surface area contributed by atoms with E-state index in [1.54, 1.807) is 7.11 Å². The summed E-state index contributed by atoms with van der Waals surface area (Å²) in [6.45, 7) is 3.94. The zero-order valence-electron chi connectivity index (χ0n) is 14.3. The van der Waals surface area contributed by atoms with Crippen LogP contribution < -0.4 is 5.32 Å². The Kier molecular flexibility index (Phi) is 5.94. The first-order valence-electron chi connectivity index (χ1n) is 8.30. The zero-order valence-corrected chi connectivity index (χ0v) is 14.3. The standard InChI is InChI=1S/C19H27NO3/c1-19(2,12-17(21)14-7-5-4-6-8-14)13-18(22)20-15-9-10-16(11-15)23-3/h4-8,15-16H,9-13H2,1-3H3,(H,20,22)/t15-,16+/m1/s1. The summed E-state index contributed by atoms with van der Waals surface area (Å²) in [5.74, 6) is 0.112. The van der Waals surface area contributed by atoms with Crippen LogP contribution in [0, 0.1) is 5.41 Å². The molecule has 1 saturated carbocycles. The summed E-state index contributed by atoms with van der Waals surface area (Å²) in [5, 5.41) is 3.08. The third kappa shape index (κ3) is 5.47. The van der Waals surface area contributed by atoms with E-state index in [9.17, 15) is 9.59 Å². The minimum Gasteiger partial charge on any atom is -0.381 e. The van der Waals surface area contributed by atoms with Crippen molar-refractivity contribution in [1.82, 2.24) is 5.32 Å². The summed E-state index contributed by atoms with van der Waals surface area (Å²) in [4.78, 5) is 24.6. The van der Waals surface area contributed by atoms with E-state index in [-0.39, 0.29) is 29.3 Å². The van der Waals surface area contributed by atoms with E-state index >= 15 is 0 Å². The molecule has 0 spiro atoms. The topological polar surface area (TPSA) is 55.4 Å². The first kappa shape index (κ1) is 17.7. The van der Waals surface area contributed by atoms with Crippen LogP contribution in [0.2, 0.25) is 0 Å². The van der Waals surface area contributed by atoms with Gasteiger partial charge in [-0.2, -0.15) is 0 Å². The molecule has 1 aliphatic carbocycles. The molecule has 2 rings (SSSR count). The molecule has 1 N–H and O–H groups in total. The van der Waals surface area contributed by atoms with Crippen LogP contribution in [0.25, 0.3) is 0 Å². The van der Waals surface area contributed by atoms with Gasteiger partial charge in [0.25, 0.3) is 0 Å². The Hall–Kier alpha value is -1.68. The maximum Gasteiger partial charge on any atom is 0.220 e. The smallest absolute Gasteiger partial charge is 0.220 e. The first-order valence-corrected chi connectivity index (χ1v) is 8.30. The number of ether oxygens (including phenoxy) is 1. The molecule has 0 heterocycles. The van der Waals surface area contributed by atoms with Crippen LogP contribution in [0.3, 0.4) is 0 Å². The first-order chi connectivity index (χ1) is 10.9. The lowest BCUT2D eigenvalue weighted by Crippen LogP contribution is -2.36. The Bertz CT molecular complexity index is 539. The highest BCUT2D eigenvalue weighted by Crippen LogP contribution is 2.28. The van der Waals surface area contributed by atoms with Crippen molar-refractivity contribution in [2.75, 3.05) is 7.11 Å². The van der Waals surface area contributed by atoms with Gasteiger partial charge in [-0.1, -0.05) is 44.2 Å². The number of hydrogen-bond donors (Lipinski definition) is 1. The van der Waals surface area contributed by atoms with E-state index in [1.807, 2.05) is 44.2 Å². The normalized spacial score (nSPS) is 21.2. The van der Waals surface area contributed by atoms with Crippen LogP contribution >= 0.6 is 0 Å². The van der Waals surface area contributed by atoms with Gasteiger partial charge in [0.2, 0.25) is 5.91 Å². The second-order valence-corrected chi connectivity index (χ2v) is 7.24.